The number of thiazole rings is 1. The lowest BCUT2D eigenvalue weighted by atomic mass is 10.0. The standard InChI is InChI=1S/C27H30FN7S/c1-6-21-25(33(5)26-32-23(22(14-29)36-26)18-7-9-19(28)10-8-18)35-15-20(13-17(2)24(35)31-21)34-12-11-30-27(3,4)16-34/h7-10,13,15,30H,6,11-12,16H2,1-5H3. The number of fused-ring (bicyclic) bond motifs is 1. The minimum absolute atomic E-state index is 0.0373. The Kier molecular flexibility index (Phi) is 6.18. The second kappa shape index (κ2) is 9.19. The molecule has 1 saturated heterocycles. The van der Waals surface area contributed by atoms with Gasteiger partial charge in [0.2, 0.25) is 0 Å². The summed E-state index contributed by atoms with van der Waals surface area (Å²) < 4.78 is 15.6. The highest BCUT2D eigenvalue weighted by molar-refractivity contribution is 7.16. The molecule has 1 fully saturated rings. The van der Waals surface area contributed by atoms with Crippen LogP contribution in [0.15, 0.2) is 36.5 Å². The zero-order valence-corrected chi connectivity index (χ0v) is 22.1. The second-order valence-corrected chi connectivity index (χ2v) is 10.9. The van der Waals surface area contributed by atoms with Gasteiger partial charge in [0.25, 0.3) is 0 Å². The molecular weight excluding hydrogens is 473 g/mol. The van der Waals surface area contributed by atoms with E-state index in [2.05, 4.69) is 60.6 Å². The van der Waals surface area contributed by atoms with E-state index in [1.807, 2.05) is 11.9 Å². The second-order valence-electron chi connectivity index (χ2n) is 9.89. The fraction of sp³-hybridized carbons (Fsp3) is 0.370. The summed E-state index contributed by atoms with van der Waals surface area (Å²) in [6.07, 6.45) is 2.93. The molecule has 0 spiro atoms. The van der Waals surface area contributed by atoms with Crippen LogP contribution in [0.4, 0.5) is 21.0 Å². The lowest BCUT2D eigenvalue weighted by molar-refractivity contribution is 0.353. The van der Waals surface area contributed by atoms with E-state index in [1.54, 1.807) is 12.1 Å². The Balaban J connectivity index is 1.60. The number of pyridine rings is 1. The van der Waals surface area contributed by atoms with Gasteiger partial charge in [0.05, 0.1) is 11.4 Å². The smallest absolute Gasteiger partial charge is 0.192 e. The van der Waals surface area contributed by atoms with Crippen molar-refractivity contribution in [3.05, 3.63) is 58.5 Å². The molecule has 5 rings (SSSR count). The van der Waals surface area contributed by atoms with Crippen LogP contribution in [0.5, 0.6) is 0 Å². The summed E-state index contributed by atoms with van der Waals surface area (Å²) in [5.41, 5.74) is 5.48. The van der Waals surface area contributed by atoms with Gasteiger partial charge in [0, 0.05) is 44.0 Å². The minimum atomic E-state index is -0.317. The third-order valence-electron chi connectivity index (χ3n) is 6.64. The monoisotopic (exact) mass is 503 g/mol. The summed E-state index contributed by atoms with van der Waals surface area (Å²) in [6, 6.07) is 10.6. The summed E-state index contributed by atoms with van der Waals surface area (Å²) in [7, 11) is 1.97. The third kappa shape index (κ3) is 4.31. The van der Waals surface area contributed by atoms with E-state index in [4.69, 9.17) is 9.97 Å². The van der Waals surface area contributed by atoms with Gasteiger partial charge in [-0.15, -0.1) is 0 Å². The van der Waals surface area contributed by atoms with Gasteiger partial charge in [-0.2, -0.15) is 5.26 Å². The van der Waals surface area contributed by atoms with Crippen LogP contribution in [0.25, 0.3) is 16.9 Å². The molecule has 0 amide bonds. The Morgan fingerprint density at radius 2 is 2.00 bits per heavy atom. The average Bonchev–Trinajstić information content (AvgIpc) is 3.45. The van der Waals surface area contributed by atoms with Crippen LogP contribution < -0.4 is 15.1 Å². The van der Waals surface area contributed by atoms with Gasteiger partial charge < -0.3 is 15.1 Å². The van der Waals surface area contributed by atoms with E-state index in [9.17, 15) is 9.65 Å². The maximum Gasteiger partial charge on any atom is 0.192 e. The SMILES string of the molecule is CCc1nc2c(C)cc(N3CCNC(C)(C)C3)cn2c1N(C)c1nc(-c2ccc(F)cc2)c(C#N)s1. The number of halogens is 1. The number of hydrogen-bond donors (Lipinski definition) is 1. The molecule has 186 valence electrons. The van der Waals surface area contributed by atoms with Crippen molar-refractivity contribution in [1.29, 1.82) is 5.26 Å². The van der Waals surface area contributed by atoms with E-state index in [1.165, 1.54) is 23.5 Å². The van der Waals surface area contributed by atoms with Gasteiger partial charge in [0.15, 0.2) is 5.13 Å². The number of rotatable bonds is 5. The average molecular weight is 504 g/mol. The number of benzene rings is 1. The Morgan fingerprint density at radius 1 is 1.25 bits per heavy atom. The molecule has 0 radical (unpaired) electrons. The first-order chi connectivity index (χ1) is 17.2. The predicted molar refractivity (Wildman–Crippen MR) is 144 cm³/mol. The van der Waals surface area contributed by atoms with Gasteiger partial charge >= 0.3 is 0 Å². The van der Waals surface area contributed by atoms with Crippen LogP contribution in [-0.4, -0.2) is 46.6 Å². The van der Waals surface area contributed by atoms with E-state index >= 15 is 0 Å². The number of anilines is 3. The number of hydrogen-bond acceptors (Lipinski definition) is 7. The van der Waals surface area contributed by atoms with Crippen molar-refractivity contribution in [2.24, 2.45) is 0 Å². The molecule has 1 aliphatic rings. The van der Waals surface area contributed by atoms with Gasteiger partial charge in [0.1, 0.15) is 33.9 Å². The molecule has 9 heteroatoms. The van der Waals surface area contributed by atoms with Crippen molar-refractivity contribution in [1.82, 2.24) is 19.7 Å². The van der Waals surface area contributed by atoms with Crippen molar-refractivity contribution in [3.8, 4) is 17.3 Å². The zero-order valence-electron chi connectivity index (χ0n) is 21.3. The molecule has 0 unspecified atom stereocenters. The number of aryl methyl sites for hydroxylation is 2. The molecule has 1 N–H and O–H groups in total. The molecule has 0 atom stereocenters. The molecule has 0 aliphatic carbocycles. The molecular formula is C27H30FN7S. The lowest BCUT2D eigenvalue weighted by Gasteiger charge is -2.40. The van der Waals surface area contributed by atoms with Crippen molar-refractivity contribution in [3.63, 3.8) is 0 Å². The van der Waals surface area contributed by atoms with Crippen LogP contribution in [0.3, 0.4) is 0 Å². The Hall–Kier alpha value is -3.48. The molecule has 7 nitrogen and oxygen atoms in total. The number of piperazine rings is 1. The largest absolute Gasteiger partial charge is 0.367 e. The summed E-state index contributed by atoms with van der Waals surface area (Å²) in [5.74, 6) is 0.623. The number of nitriles is 1. The van der Waals surface area contributed by atoms with E-state index in [0.29, 0.717) is 15.7 Å². The molecule has 0 bridgehead atoms. The Morgan fingerprint density at radius 3 is 2.67 bits per heavy atom. The van der Waals surface area contributed by atoms with Crippen molar-refractivity contribution in [2.75, 3.05) is 36.5 Å². The molecule has 1 aliphatic heterocycles. The number of nitrogens with zero attached hydrogens (tertiary/aromatic N) is 6. The topological polar surface area (TPSA) is 72.5 Å². The van der Waals surface area contributed by atoms with Crippen LogP contribution in [0.2, 0.25) is 0 Å². The predicted octanol–water partition coefficient (Wildman–Crippen LogP) is 5.30. The van der Waals surface area contributed by atoms with Gasteiger partial charge in [-0.3, -0.25) is 4.40 Å². The first-order valence-electron chi connectivity index (χ1n) is 12.1. The first-order valence-corrected chi connectivity index (χ1v) is 12.9. The number of nitrogens with one attached hydrogen (secondary N) is 1. The van der Waals surface area contributed by atoms with E-state index in [-0.39, 0.29) is 11.4 Å². The van der Waals surface area contributed by atoms with Gasteiger partial charge in [-0.05, 0) is 63.1 Å². The maximum atomic E-state index is 13.5. The quantitative estimate of drug-likeness (QED) is 0.399. The molecule has 1 aromatic carbocycles. The summed E-state index contributed by atoms with van der Waals surface area (Å²) in [4.78, 5) is 14.7. The Bertz CT molecular complexity index is 1460. The van der Waals surface area contributed by atoms with Gasteiger partial charge in [-0.1, -0.05) is 18.3 Å². The first kappa shape index (κ1) is 24.2. The van der Waals surface area contributed by atoms with Crippen molar-refractivity contribution in [2.45, 2.75) is 39.7 Å². The molecule has 4 heterocycles. The normalized spacial score (nSPS) is 15.3. The molecule has 36 heavy (non-hydrogen) atoms. The molecule has 0 saturated carbocycles. The lowest BCUT2D eigenvalue weighted by Crippen LogP contribution is -2.57. The summed E-state index contributed by atoms with van der Waals surface area (Å²) >= 11 is 1.33. The molecule has 4 aromatic rings. The minimum Gasteiger partial charge on any atom is -0.367 e. The fourth-order valence-electron chi connectivity index (χ4n) is 4.88. The van der Waals surface area contributed by atoms with Crippen molar-refractivity contribution >= 4 is 33.6 Å². The van der Waals surface area contributed by atoms with Crippen LogP contribution >= 0.6 is 11.3 Å². The summed E-state index contributed by atoms with van der Waals surface area (Å²) in [6.45, 7) is 11.4. The maximum absolute atomic E-state index is 13.5. The van der Waals surface area contributed by atoms with Crippen LogP contribution in [0, 0.1) is 24.1 Å². The van der Waals surface area contributed by atoms with Crippen LogP contribution in [-0.2, 0) is 6.42 Å². The van der Waals surface area contributed by atoms with E-state index < -0.39 is 0 Å². The number of imidazole rings is 1. The van der Waals surface area contributed by atoms with Gasteiger partial charge in [-0.25, -0.2) is 14.4 Å². The fourth-order valence-corrected chi connectivity index (χ4v) is 5.73. The van der Waals surface area contributed by atoms with E-state index in [0.717, 1.165) is 60.0 Å². The third-order valence-corrected chi connectivity index (χ3v) is 7.68. The highest BCUT2D eigenvalue weighted by Crippen LogP contribution is 2.38. The summed E-state index contributed by atoms with van der Waals surface area (Å²) in [5, 5.41) is 14.1. The Labute approximate surface area is 214 Å². The van der Waals surface area contributed by atoms with Crippen molar-refractivity contribution < 1.29 is 4.39 Å². The molecule has 3 aromatic heterocycles. The zero-order chi connectivity index (χ0) is 25.6. The highest BCUT2D eigenvalue weighted by atomic mass is 32.1. The van der Waals surface area contributed by atoms with Crippen LogP contribution in [0.1, 0.15) is 36.9 Å². The number of aromatic nitrogens is 3. The highest BCUT2D eigenvalue weighted by Gasteiger charge is 2.28.